The van der Waals surface area contributed by atoms with Gasteiger partial charge in [0.1, 0.15) is 6.10 Å². The normalized spacial score (nSPS) is 17.3. The number of carbonyl (C=O) groups is 2. The van der Waals surface area contributed by atoms with E-state index in [4.69, 9.17) is 0 Å². The zero-order valence-corrected chi connectivity index (χ0v) is 26.0. The van der Waals surface area contributed by atoms with E-state index < -0.39 is 64.5 Å². The van der Waals surface area contributed by atoms with Crippen LogP contribution in [-0.2, 0) is 40.1 Å². The summed E-state index contributed by atoms with van der Waals surface area (Å²) in [7, 11) is -6.67. The lowest BCUT2D eigenvalue weighted by Crippen LogP contribution is -2.47. The van der Waals surface area contributed by atoms with E-state index >= 15 is 0 Å². The topological polar surface area (TPSA) is 110 Å². The molecular formula is C31H29F7O7S2. The summed E-state index contributed by atoms with van der Waals surface area (Å²) in [4.78, 5) is 26.5. The number of hydrogen-bond donors (Lipinski definition) is 0. The van der Waals surface area contributed by atoms with Crippen LogP contribution in [0.1, 0.15) is 32.1 Å². The molecule has 0 aromatic heterocycles. The van der Waals surface area contributed by atoms with Crippen molar-refractivity contribution in [3.8, 4) is 0 Å². The Labute approximate surface area is 269 Å². The highest BCUT2D eigenvalue weighted by atomic mass is 32.2. The SMILES string of the molecule is O=C(OCCC(F)(F)C(F)(F)S(=O)(=O)[O-])C1CCC(OC(=O)C(F)(F)F)CC1.c1ccc([S+](c2ccccc2)c2ccccc2)cc1. The maximum Gasteiger partial charge on any atom is 0.490 e. The lowest BCUT2D eigenvalue weighted by atomic mass is 9.87. The summed E-state index contributed by atoms with van der Waals surface area (Å²) in [5.74, 6) is -9.75. The van der Waals surface area contributed by atoms with Crippen LogP contribution in [0, 0.1) is 5.92 Å². The molecule has 7 nitrogen and oxygen atoms in total. The molecule has 3 aromatic rings. The number of carbonyl (C=O) groups excluding carboxylic acids is 2. The summed E-state index contributed by atoms with van der Waals surface area (Å²) < 4.78 is 128. The predicted molar refractivity (Wildman–Crippen MR) is 155 cm³/mol. The van der Waals surface area contributed by atoms with E-state index in [9.17, 15) is 53.3 Å². The van der Waals surface area contributed by atoms with Gasteiger partial charge in [0, 0.05) is 0 Å². The van der Waals surface area contributed by atoms with Crippen molar-refractivity contribution in [1.82, 2.24) is 0 Å². The summed E-state index contributed by atoms with van der Waals surface area (Å²) in [6.07, 6.45) is -8.75. The van der Waals surface area contributed by atoms with E-state index in [0.717, 1.165) is 0 Å². The van der Waals surface area contributed by atoms with Crippen molar-refractivity contribution in [2.75, 3.05) is 6.61 Å². The van der Waals surface area contributed by atoms with E-state index in [-0.39, 0.29) is 36.6 Å². The Morgan fingerprint density at radius 3 is 1.49 bits per heavy atom. The van der Waals surface area contributed by atoms with E-state index in [2.05, 4.69) is 100 Å². The minimum Gasteiger partial charge on any atom is -0.743 e. The molecule has 256 valence electrons. The molecule has 0 radical (unpaired) electrons. The number of esters is 2. The van der Waals surface area contributed by atoms with E-state index in [1.165, 1.54) is 14.7 Å². The maximum atomic E-state index is 13.2. The van der Waals surface area contributed by atoms with E-state index in [1.807, 2.05) is 0 Å². The van der Waals surface area contributed by atoms with Crippen molar-refractivity contribution >= 4 is 33.0 Å². The minimum absolute atomic E-state index is 0.0146. The molecule has 0 atom stereocenters. The fraction of sp³-hybridized carbons (Fsp3) is 0.355. The van der Waals surface area contributed by atoms with Gasteiger partial charge in [-0.05, 0) is 62.1 Å². The molecule has 0 aliphatic heterocycles. The summed E-state index contributed by atoms with van der Waals surface area (Å²) in [6, 6.07) is 32.2. The van der Waals surface area contributed by atoms with Crippen LogP contribution in [0.5, 0.6) is 0 Å². The van der Waals surface area contributed by atoms with Crippen LogP contribution in [-0.4, -0.2) is 55.0 Å². The molecule has 0 heterocycles. The molecule has 0 amide bonds. The van der Waals surface area contributed by atoms with Gasteiger partial charge in [-0.25, -0.2) is 13.2 Å². The summed E-state index contributed by atoms with van der Waals surface area (Å²) in [5, 5.41) is -5.90. The van der Waals surface area contributed by atoms with Crippen LogP contribution >= 0.6 is 0 Å². The highest BCUT2D eigenvalue weighted by molar-refractivity contribution is 7.97. The Bertz CT molecular complexity index is 1460. The summed E-state index contributed by atoms with van der Waals surface area (Å²) >= 11 is 0. The molecular weight excluding hydrogens is 681 g/mol. The van der Waals surface area contributed by atoms with Crippen molar-refractivity contribution in [1.29, 1.82) is 0 Å². The van der Waals surface area contributed by atoms with Crippen molar-refractivity contribution in [2.24, 2.45) is 5.92 Å². The molecule has 1 aliphatic rings. The second-order valence-corrected chi connectivity index (χ2v) is 13.7. The number of ether oxygens (including phenoxy) is 2. The van der Waals surface area contributed by atoms with Gasteiger partial charge in [0.15, 0.2) is 24.8 Å². The Balaban J connectivity index is 0.000000272. The number of rotatable bonds is 10. The number of halogens is 7. The average molecular weight is 711 g/mol. The van der Waals surface area contributed by atoms with Gasteiger partial charge in [-0.2, -0.15) is 30.7 Å². The molecule has 0 saturated heterocycles. The first kappa shape index (κ1) is 37.8. The molecule has 1 aliphatic carbocycles. The highest BCUT2D eigenvalue weighted by Gasteiger charge is 2.61. The fourth-order valence-corrected chi connectivity index (χ4v) is 7.01. The van der Waals surface area contributed by atoms with Crippen LogP contribution < -0.4 is 0 Å². The number of alkyl halides is 7. The highest BCUT2D eigenvalue weighted by Crippen LogP contribution is 2.40. The van der Waals surface area contributed by atoms with Crippen molar-refractivity contribution in [3.63, 3.8) is 0 Å². The first-order valence-electron chi connectivity index (χ1n) is 14.0. The molecule has 0 bridgehead atoms. The zero-order valence-electron chi connectivity index (χ0n) is 24.4. The quantitative estimate of drug-likeness (QED) is 0.0953. The van der Waals surface area contributed by atoms with E-state index in [0.29, 0.717) is 0 Å². The Hall–Kier alpha value is -3.63. The maximum absolute atomic E-state index is 13.2. The second kappa shape index (κ2) is 16.0. The smallest absolute Gasteiger partial charge is 0.490 e. The zero-order chi connectivity index (χ0) is 34.9. The van der Waals surface area contributed by atoms with Gasteiger partial charge in [0.2, 0.25) is 0 Å². The third-order valence-electron chi connectivity index (χ3n) is 6.85. The number of benzene rings is 3. The van der Waals surface area contributed by atoms with Gasteiger partial charge >= 0.3 is 29.3 Å². The largest absolute Gasteiger partial charge is 0.743 e. The number of hydrogen-bond acceptors (Lipinski definition) is 7. The van der Waals surface area contributed by atoms with Crippen molar-refractivity contribution in [3.05, 3.63) is 91.0 Å². The second-order valence-electron chi connectivity index (χ2n) is 10.2. The van der Waals surface area contributed by atoms with Crippen LogP contribution in [0.15, 0.2) is 106 Å². The van der Waals surface area contributed by atoms with Gasteiger partial charge in [-0.3, -0.25) is 4.79 Å². The average Bonchev–Trinajstić information content (AvgIpc) is 3.02. The monoisotopic (exact) mass is 710 g/mol. The molecule has 0 unspecified atom stereocenters. The van der Waals surface area contributed by atoms with Crippen LogP contribution in [0.3, 0.4) is 0 Å². The van der Waals surface area contributed by atoms with Gasteiger partial charge in [-0.1, -0.05) is 54.6 Å². The first-order valence-corrected chi connectivity index (χ1v) is 16.6. The Morgan fingerprint density at radius 2 is 1.13 bits per heavy atom. The molecule has 47 heavy (non-hydrogen) atoms. The standard InChI is InChI=1S/C18H15S.C13H15F7O7S/c1-4-10-16(11-5-1)19(17-12-6-2-7-13-17)18-14-8-3-9-15-18;14-11(15,13(19,20)28(23,24)25)5-6-26-9(21)7-1-3-8(4-2-7)27-10(22)12(16,17)18/h1-15H;7-8H,1-6H2,(H,23,24,25)/q+1;/p-1. The van der Waals surface area contributed by atoms with Crippen molar-refractivity contribution < 1.29 is 62.8 Å². The summed E-state index contributed by atoms with van der Waals surface area (Å²) in [5.41, 5.74) is 0. The summed E-state index contributed by atoms with van der Waals surface area (Å²) in [6.45, 7) is -1.32. The molecule has 1 saturated carbocycles. The van der Waals surface area contributed by atoms with Crippen LogP contribution in [0.2, 0.25) is 0 Å². The third-order valence-corrected chi connectivity index (χ3v) is 10.0. The Morgan fingerprint density at radius 1 is 0.723 bits per heavy atom. The van der Waals surface area contributed by atoms with Gasteiger partial charge in [0.05, 0.1) is 29.8 Å². The predicted octanol–water partition coefficient (Wildman–Crippen LogP) is 7.14. The molecule has 0 spiro atoms. The van der Waals surface area contributed by atoms with Crippen LogP contribution in [0.25, 0.3) is 0 Å². The molecule has 3 aromatic carbocycles. The molecule has 16 heteroatoms. The lowest BCUT2D eigenvalue weighted by molar-refractivity contribution is -0.206. The molecule has 4 rings (SSSR count). The van der Waals surface area contributed by atoms with Crippen LogP contribution in [0.4, 0.5) is 30.7 Å². The first-order chi connectivity index (χ1) is 21.9. The van der Waals surface area contributed by atoms with E-state index in [1.54, 1.807) is 0 Å². The Kier molecular flexibility index (Phi) is 12.9. The molecule has 1 fully saturated rings. The van der Waals surface area contributed by atoms with Crippen molar-refractivity contribution in [2.45, 2.75) is 70.2 Å². The van der Waals surface area contributed by atoms with Gasteiger partial charge < -0.3 is 14.0 Å². The lowest BCUT2D eigenvalue weighted by Gasteiger charge is -2.29. The molecule has 0 N–H and O–H groups in total. The van der Waals surface area contributed by atoms with Gasteiger partial charge in [-0.15, -0.1) is 0 Å². The van der Waals surface area contributed by atoms with Gasteiger partial charge in [0.25, 0.3) is 0 Å². The third kappa shape index (κ3) is 10.4. The minimum atomic E-state index is -6.65. The fourth-order valence-electron chi connectivity index (χ4n) is 4.44.